The first-order valence-corrected chi connectivity index (χ1v) is 22.4. The van der Waals surface area contributed by atoms with Crippen molar-refractivity contribution in [2.24, 2.45) is 5.92 Å². The molecule has 1 heterocycles. The number of rotatable bonds is 18. The molecule has 9 N–H and O–H groups in total. The summed E-state index contributed by atoms with van der Waals surface area (Å²) in [5.74, 6) is -3.87. The van der Waals surface area contributed by atoms with Crippen LogP contribution in [0.5, 0.6) is 0 Å². The van der Waals surface area contributed by atoms with Crippen LogP contribution >= 0.6 is 11.8 Å². The minimum absolute atomic E-state index is 0.0772. The monoisotopic (exact) mass is 892 g/mol. The summed E-state index contributed by atoms with van der Waals surface area (Å²) < 4.78 is 0. The lowest BCUT2D eigenvalue weighted by Crippen LogP contribution is -2.63. The summed E-state index contributed by atoms with van der Waals surface area (Å²) >= 11 is 1.42. The summed E-state index contributed by atoms with van der Waals surface area (Å²) in [4.78, 5) is 91.4. The van der Waals surface area contributed by atoms with Crippen LogP contribution in [0.1, 0.15) is 65.4 Å². The summed E-state index contributed by atoms with van der Waals surface area (Å²) in [5.41, 5.74) is 1.47. The number of non-ortho nitro benzene ring substituents is 1. The molecule has 0 bridgehead atoms. The summed E-state index contributed by atoms with van der Waals surface area (Å²) in [5, 5.41) is 53.3. The highest BCUT2D eigenvalue weighted by molar-refractivity contribution is 7.99. The van der Waals surface area contributed by atoms with Crippen molar-refractivity contribution in [2.45, 2.75) is 109 Å². The Kier molecular flexibility index (Phi) is 19.6. The summed E-state index contributed by atoms with van der Waals surface area (Å²) in [6.07, 6.45) is 0.136. The second-order valence-electron chi connectivity index (χ2n) is 16.0. The van der Waals surface area contributed by atoms with E-state index in [9.17, 15) is 49.1 Å². The molecule has 3 aromatic rings. The summed E-state index contributed by atoms with van der Waals surface area (Å²) in [6.45, 7) is 6.27. The average Bonchev–Trinajstić information content (AvgIpc) is 3.25. The molecule has 1 unspecified atom stereocenters. The van der Waals surface area contributed by atoms with E-state index in [4.69, 9.17) is 0 Å². The number of hydrogen-bond acceptors (Lipinski definition) is 12. The highest BCUT2D eigenvalue weighted by atomic mass is 32.2. The maximum absolute atomic E-state index is 13.9. The first-order valence-electron chi connectivity index (χ1n) is 21.2. The van der Waals surface area contributed by atoms with Crippen LogP contribution in [0.15, 0.2) is 66.7 Å². The van der Waals surface area contributed by atoms with E-state index in [0.717, 1.165) is 29.3 Å². The molecular weight excluding hydrogens is 833 g/mol. The predicted molar refractivity (Wildman–Crippen MR) is 241 cm³/mol. The van der Waals surface area contributed by atoms with E-state index >= 15 is 0 Å². The van der Waals surface area contributed by atoms with Crippen LogP contribution in [-0.4, -0.2) is 118 Å². The van der Waals surface area contributed by atoms with Gasteiger partial charge in [-0.05, 0) is 79.7 Å². The number of carbonyl (C=O) groups excluding carboxylic acids is 6. The molecule has 0 aliphatic carbocycles. The van der Waals surface area contributed by atoms with Crippen molar-refractivity contribution in [3.8, 4) is 0 Å². The van der Waals surface area contributed by atoms with Gasteiger partial charge in [-0.25, -0.2) is 0 Å². The number of hydrogen-bond donors (Lipinski definition) is 9. The van der Waals surface area contributed by atoms with Crippen LogP contribution in [0.2, 0.25) is 0 Å². The molecule has 0 radical (unpaired) electrons. The lowest BCUT2D eigenvalue weighted by atomic mass is 10.0. The molecule has 342 valence electrons. The van der Waals surface area contributed by atoms with Gasteiger partial charge in [-0.2, -0.15) is 11.8 Å². The molecule has 63 heavy (non-hydrogen) atoms. The van der Waals surface area contributed by atoms with Gasteiger partial charge < -0.3 is 47.4 Å². The number of aliphatic hydroxyl groups excluding tert-OH is 2. The Balaban J connectivity index is 1.40. The Labute approximate surface area is 371 Å². The molecule has 7 atom stereocenters. The van der Waals surface area contributed by atoms with Gasteiger partial charge >= 0.3 is 0 Å². The number of anilines is 1. The number of aliphatic hydroxyl groups is 2. The lowest BCUT2D eigenvalue weighted by molar-refractivity contribution is -0.384. The number of nitrogens with zero attached hydrogens (tertiary/aromatic N) is 1. The molecule has 19 heteroatoms. The van der Waals surface area contributed by atoms with Crippen molar-refractivity contribution in [1.82, 2.24) is 31.9 Å². The molecule has 0 aromatic heterocycles. The molecule has 0 saturated carbocycles. The van der Waals surface area contributed by atoms with E-state index in [1.165, 1.54) is 37.7 Å². The largest absolute Gasteiger partial charge is 0.391 e. The lowest BCUT2D eigenvalue weighted by Gasteiger charge is -2.29. The normalized spacial score (nSPS) is 18.7. The van der Waals surface area contributed by atoms with Crippen molar-refractivity contribution in [3.05, 3.63) is 82.4 Å². The van der Waals surface area contributed by atoms with Gasteiger partial charge in [0.25, 0.3) is 5.69 Å². The molecular formula is C44H60N8O10S. The predicted octanol–water partition coefficient (Wildman–Crippen LogP) is 2.06. The number of carbonyl (C=O) groups is 6. The molecule has 3 aromatic carbocycles. The third-order valence-corrected chi connectivity index (χ3v) is 11.7. The van der Waals surface area contributed by atoms with E-state index < -0.39 is 82.8 Å². The quantitative estimate of drug-likeness (QED) is 0.0657. The fraction of sp³-hybridized carbons (Fsp3) is 0.500. The van der Waals surface area contributed by atoms with Crippen molar-refractivity contribution < 1.29 is 43.9 Å². The average molecular weight is 893 g/mol. The number of thioether (sulfide) groups is 1. The fourth-order valence-electron chi connectivity index (χ4n) is 6.83. The second kappa shape index (κ2) is 24.7. The highest BCUT2D eigenvalue weighted by Gasteiger charge is 2.36. The van der Waals surface area contributed by atoms with Crippen LogP contribution in [0, 0.1) is 16.0 Å². The number of benzene rings is 3. The van der Waals surface area contributed by atoms with Gasteiger partial charge in [-0.3, -0.25) is 38.9 Å². The van der Waals surface area contributed by atoms with Gasteiger partial charge in [0, 0.05) is 43.1 Å². The SMILES string of the molecule is CC(C)[C@H](NC(=O)[C@@H](NC(=O)[C@@H]1CSCCCCCC(=O)NC(CCNc2ccc3ccccc3c2)C(=O)N1)[C@@H](C)O)C(=O)N[C@H](C(=O)NCCc1ccc([N+](=O)[O-])cc1)[C@@H](C)O. The van der Waals surface area contributed by atoms with E-state index in [0.29, 0.717) is 30.7 Å². The Morgan fingerprint density at radius 1 is 0.794 bits per heavy atom. The summed E-state index contributed by atoms with van der Waals surface area (Å²) in [7, 11) is 0. The molecule has 1 aliphatic heterocycles. The van der Waals surface area contributed by atoms with Crippen LogP contribution < -0.4 is 37.2 Å². The minimum Gasteiger partial charge on any atom is -0.391 e. The summed E-state index contributed by atoms with van der Waals surface area (Å²) in [6, 6.07) is 13.2. The van der Waals surface area contributed by atoms with E-state index in [-0.39, 0.29) is 36.7 Å². The number of nitro benzene ring substituents is 1. The van der Waals surface area contributed by atoms with Gasteiger partial charge in [0.05, 0.1) is 17.1 Å². The second-order valence-corrected chi connectivity index (χ2v) is 17.1. The first kappa shape index (κ1) is 49.9. The molecule has 1 fully saturated rings. The maximum Gasteiger partial charge on any atom is 0.269 e. The number of nitro groups is 1. The van der Waals surface area contributed by atoms with Crippen molar-refractivity contribution in [2.75, 3.05) is 29.9 Å². The zero-order chi connectivity index (χ0) is 46.1. The fourth-order valence-corrected chi connectivity index (χ4v) is 7.87. The third-order valence-electron chi connectivity index (χ3n) is 10.5. The minimum atomic E-state index is -1.57. The zero-order valence-corrected chi connectivity index (χ0v) is 36.9. The Morgan fingerprint density at radius 2 is 1.44 bits per heavy atom. The standard InChI is InChI=1S/C44H60N8O10S/c1-26(2)37(43(59)51-38(27(3)53)42(58)46-21-19-29-13-17-33(18-14-29)52(61)62)49-44(60)39(28(4)54)50-41(57)35-25-63-23-9-5-6-12-36(55)47-34(40(56)48-35)20-22-45-32-16-15-30-10-7-8-11-31(30)24-32/h7-8,10-11,13-18,24,26-28,34-35,37-39,45,53-54H,5-6,9,12,19-23,25H2,1-4H3,(H,46,58)(H,47,55)(H,48,56)(H,49,60)(H,50,57)(H,51,59)/t27-,28-,34?,35+,37+,38+,39+/m1/s1. The van der Waals surface area contributed by atoms with Crippen LogP contribution in [0.4, 0.5) is 11.4 Å². The van der Waals surface area contributed by atoms with Crippen LogP contribution in [0.25, 0.3) is 10.8 Å². The van der Waals surface area contributed by atoms with Gasteiger partial charge in [-0.1, -0.05) is 62.7 Å². The van der Waals surface area contributed by atoms with Crippen molar-refractivity contribution >= 4 is 69.4 Å². The first-order chi connectivity index (χ1) is 30.0. The smallest absolute Gasteiger partial charge is 0.269 e. The van der Waals surface area contributed by atoms with E-state index in [2.05, 4.69) is 37.2 Å². The van der Waals surface area contributed by atoms with Gasteiger partial charge in [0.2, 0.25) is 35.4 Å². The Morgan fingerprint density at radius 3 is 2.11 bits per heavy atom. The van der Waals surface area contributed by atoms with Crippen molar-refractivity contribution in [3.63, 3.8) is 0 Å². The van der Waals surface area contributed by atoms with E-state index in [1.54, 1.807) is 26.0 Å². The molecule has 18 nitrogen and oxygen atoms in total. The Hall–Kier alpha value is -5.79. The zero-order valence-electron chi connectivity index (χ0n) is 36.1. The van der Waals surface area contributed by atoms with E-state index in [1.807, 2.05) is 42.5 Å². The molecule has 4 rings (SSSR count). The van der Waals surface area contributed by atoms with Crippen LogP contribution in [0.3, 0.4) is 0 Å². The van der Waals surface area contributed by atoms with Gasteiger partial charge in [-0.15, -0.1) is 0 Å². The number of amides is 6. The molecule has 0 spiro atoms. The molecule has 1 saturated heterocycles. The molecule has 1 aliphatic rings. The van der Waals surface area contributed by atoms with Gasteiger partial charge in [0.15, 0.2) is 0 Å². The highest BCUT2D eigenvalue weighted by Crippen LogP contribution is 2.19. The molecule has 6 amide bonds. The van der Waals surface area contributed by atoms with Gasteiger partial charge in [0.1, 0.15) is 30.2 Å². The third kappa shape index (κ3) is 15.8. The number of fused-ring (bicyclic) bond motifs is 1. The van der Waals surface area contributed by atoms with Crippen LogP contribution in [-0.2, 0) is 35.2 Å². The Bertz CT molecular complexity index is 2050. The maximum atomic E-state index is 13.9. The van der Waals surface area contributed by atoms with Crippen molar-refractivity contribution in [1.29, 1.82) is 0 Å². The number of nitrogens with one attached hydrogen (secondary N) is 7. The topological polar surface area (TPSA) is 270 Å².